The fraction of sp³-hybridized carbons (Fsp3) is 0.0909. The highest BCUT2D eigenvalue weighted by Crippen LogP contribution is 2.22. The van der Waals surface area contributed by atoms with Gasteiger partial charge in [-0.05, 0) is 60.5 Å². The quantitative estimate of drug-likeness (QED) is 0.462. The van der Waals surface area contributed by atoms with Crippen LogP contribution in [0.5, 0.6) is 0 Å². The number of carboxylic acid groups (broad SMARTS) is 1. The van der Waals surface area contributed by atoms with Gasteiger partial charge in [0.25, 0.3) is 15.9 Å². The summed E-state index contributed by atoms with van der Waals surface area (Å²) in [6.45, 7) is 0. The van der Waals surface area contributed by atoms with Gasteiger partial charge in [0.1, 0.15) is 0 Å². The highest BCUT2D eigenvalue weighted by molar-refractivity contribution is 7.92. The summed E-state index contributed by atoms with van der Waals surface area (Å²) in [5.74, 6) is -1.41. The Morgan fingerprint density at radius 3 is 2.19 bits per heavy atom. The van der Waals surface area contributed by atoms with Crippen molar-refractivity contribution < 1.29 is 23.1 Å². The molecule has 0 aliphatic rings. The molecule has 3 aromatic carbocycles. The first-order valence-electron chi connectivity index (χ1n) is 9.24. The third-order valence-corrected chi connectivity index (χ3v) is 6.01. The van der Waals surface area contributed by atoms with E-state index in [1.807, 2.05) is 0 Å². The van der Waals surface area contributed by atoms with Gasteiger partial charge in [-0.1, -0.05) is 35.9 Å². The normalized spacial score (nSPS) is 11.0. The summed E-state index contributed by atoms with van der Waals surface area (Å²) in [5, 5.41) is 12.0. The number of carbonyl (C=O) groups excluding carboxylic acids is 1. The van der Waals surface area contributed by atoms with Crippen LogP contribution >= 0.6 is 11.6 Å². The van der Waals surface area contributed by atoms with Crippen LogP contribution in [0.4, 0.5) is 11.4 Å². The largest absolute Gasteiger partial charge is 0.481 e. The molecule has 0 spiro atoms. The number of rotatable bonds is 8. The van der Waals surface area contributed by atoms with Crippen LogP contribution in [0, 0.1) is 0 Å². The van der Waals surface area contributed by atoms with Gasteiger partial charge in [-0.25, -0.2) is 8.42 Å². The molecule has 0 saturated heterocycles. The van der Waals surface area contributed by atoms with E-state index in [1.54, 1.807) is 48.5 Å². The van der Waals surface area contributed by atoms with E-state index in [-0.39, 0.29) is 22.6 Å². The third-order valence-electron chi connectivity index (χ3n) is 4.38. The molecule has 0 fully saturated rings. The van der Waals surface area contributed by atoms with Crippen molar-refractivity contribution >= 4 is 44.9 Å². The van der Waals surface area contributed by atoms with Crippen LogP contribution in [0.25, 0.3) is 0 Å². The van der Waals surface area contributed by atoms with Crippen molar-refractivity contribution in [1.82, 2.24) is 0 Å². The summed E-state index contributed by atoms with van der Waals surface area (Å²) in [7, 11) is -3.96. The molecule has 0 aliphatic heterocycles. The minimum Gasteiger partial charge on any atom is -0.481 e. The summed E-state index contributed by atoms with van der Waals surface area (Å²) in [5.41, 5.74) is 1.51. The summed E-state index contributed by atoms with van der Waals surface area (Å²) in [4.78, 5) is 23.4. The number of anilines is 2. The summed E-state index contributed by atoms with van der Waals surface area (Å²) >= 11 is 5.85. The Morgan fingerprint density at radius 1 is 0.903 bits per heavy atom. The average molecular weight is 459 g/mol. The van der Waals surface area contributed by atoms with Crippen LogP contribution in [0.15, 0.2) is 77.7 Å². The number of carboxylic acids is 1. The predicted molar refractivity (Wildman–Crippen MR) is 119 cm³/mol. The maximum atomic E-state index is 12.8. The first-order valence-corrected chi connectivity index (χ1v) is 11.1. The van der Waals surface area contributed by atoms with Gasteiger partial charge in [0, 0.05) is 17.1 Å². The van der Waals surface area contributed by atoms with Gasteiger partial charge in [-0.2, -0.15) is 0 Å². The number of aryl methyl sites for hydroxylation is 1. The van der Waals surface area contributed by atoms with Crippen molar-refractivity contribution in [2.24, 2.45) is 0 Å². The SMILES string of the molecule is O=C(O)CCc1ccc(S(=O)(=O)Nc2ccccc2C(=O)Nc2ccc(Cl)cc2)cc1. The van der Waals surface area contributed by atoms with Crippen LogP contribution in [-0.4, -0.2) is 25.4 Å². The maximum absolute atomic E-state index is 12.8. The van der Waals surface area contributed by atoms with E-state index >= 15 is 0 Å². The molecule has 3 aromatic rings. The van der Waals surface area contributed by atoms with Gasteiger partial charge in [-0.3, -0.25) is 14.3 Å². The number of para-hydroxylation sites is 1. The second kappa shape index (κ2) is 9.63. The molecule has 3 N–H and O–H groups in total. The Hall–Kier alpha value is -3.36. The second-order valence-electron chi connectivity index (χ2n) is 6.65. The van der Waals surface area contributed by atoms with Gasteiger partial charge in [0.05, 0.1) is 16.1 Å². The van der Waals surface area contributed by atoms with Crippen LogP contribution in [-0.2, 0) is 21.2 Å². The number of nitrogens with one attached hydrogen (secondary N) is 2. The predicted octanol–water partition coefficient (Wildman–Crippen LogP) is 4.41. The lowest BCUT2D eigenvalue weighted by Gasteiger charge is -2.13. The number of halogens is 1. The first kappa shape index (κ1) is 22.3. The lowest BCUT2D eigenvalue weighted by Crippen LogP contribution is -2.18. The lowest BCUT2D eigenvalue weighted by molar-refractivity contribution is -0.136. The van der Waals surface area contributed by atoms with Crippen LogP contribution in [0.1, 0.15) is 22.3 Å². The summed E-state index contributed by atoms with van der Waals surface area (Å²) in [6.07, 6.45) is 0.261. The number of benzene rings is 3. The average Bonchev–Trinajstić information content (AvgIpc) is 2.74. The van der Waals surface area contributed by atoms with Crippen molar-refractivity contribution in [1.29, 1.82) is 0 Å². The lowest BCUT2D eigenvalue weighted by atomic mass is 10.1. The summed E-state index contributed by atoms with van der Waals surface area (Å²) in [6, 6.07) is 18.7. The fourth-order valence-corrected chi connectivity index (χ4v) is 4.00. The van der Waals surface area contributed by atoms with Gasteiger partial charge in [0.2, 0.25) is 0 Å². The van der Waals surface area contributed by atoms with E-state index in [2.05, 4.69) is 10.0 Å². The molecular formula is C22H19ClN2O5S. The topological polar surface area (TPSA) is 113 Å². The van der Waals surface area contributed by atoms with Gasteiger partial charge in [0.15, 0.2) is 0 Å². The molecule has 0 atom stereocenters. The number of aliphatic carboxylic acids is 1. The van der Waals surface area contributed by atoms with Crippen LogP contribution < -0.4 is 10.0 Å². The highest BCUT2D eigenvalue weighted by Gasteiger charge is 2.19. The van der Waals surface area contributed by atoms with E-state index in [4.69, 9.17) is 16.7 Å². The molecule has 7 nitrogen and oxygen atoms in total. The number of amides is 1. The molecular weight excluding hydrogens is 440 g/mol. The van der Waals surface area contributed by atoms with Gasteiger partial charge < -0.3 is 10.4 Å². The molecule has 9 heteroatoms. The van der Waals surface area contributed by atoms with E-state index in [9.17, 15) is 18.0 Å². The molecule has 0 radical (unpaired) electrons. The Kier molecular flexibility index (Phi) is 6.94. The Bertz CT molecular complexity index is 1190. The molecule has 160 valence electrons. The molecule has 0 saturated carbocycles. The van der Waals surface area contributed by atoms with E-state index < -0.39 is 21.9 Å². The molecule has 3 rings (SSSR count). The van der Waals surface area contributed by atoms with Crippen molar-refractivity contribution in [2.45, 2.75) is 17.7 Å². The Balaban J connectivity index is 1.78. The number of carbonyl (C=O) groups is 2. The second-order valence-corrected chi connectivity index (χ2v) is 8.77. The van der Waals surface area contributed by atoms with Gasteiger partial charge >= 0.3 is 5.97 Å². The minimum absolute atomic E-state index is 0.000475. The van der Waals surface area contributed by atoms with E-state index in [1.165, 1.54) is 24.3 Å². The van der Waals surface area contributed by atoms with Crippen molar-refractivity contribution in [3.8, 4) is 0 Å². The zero-order chi connectivity index (χ0) is 22.4. The number of hydrogen-bond donors (Lipinski definition) is 3. The smallest absolute Gasteiger partial charge is 0.303 e. The molecule has 0 unspecified atom stereocenters. The zero-order valence-corrected chi connectivity index (χ0v) is 17.8. The standard InChI is InChI=1S/C22H19ClN2O5S/c23-16-8-10-17(11-9-16)24-22(28)19-3-1-2-4-20(19)25-31(29,30)18-12-5-15(6-13-18)7-14-21(26)27/h1-6,8-13,25H,7,14H2,(H,24,28)(H,26,27). The van der Waals surface area contributed by atoms with Crippen molar-refractivity contribution in [2.75, 3.05) is 10.0 Å². The van der Waals surface area contributed by atoms with Gasteiger partial charge in [-0.15, -0.1) is 0 Å². The molecule has 0 aromatic heterocycles. The fourth-order valence-electron chi connectivity index (χ4n) is 2.79. The molecule has 1 amide bonds. The molecule has 0 heterocycles. The third kappa shape index (κ3) is 6.07. The molecule has 0 bridgehead atoms. The van der Waals surface area contributed by atoms with E-state index in [0.29, 0.717) is 22.7 Å². The maximum Gasteiger partial charge on any atom is 0.303 e. The Morgan fingerprint density at radius 2 is 1.55 bits per heavy atom. The van der Waals surface area contributed by atoms with Crippen LogP contribution in [0.3, 0.4) is 0 Å². The van der Waals surface area contributed by atoms with E-state index in [0.717, 1.165) is 0 Å². The monoisotopic (exact) mass is 458 g/mol. The minimum atomic E-state index is -3.96. The van der Waals surface area contributed by atoms with Crippen molar-refractivity contribution in [3.05, 3.63) is 88.9 Å². The van der Waals surface area contributed by atoms with Crippen molar-refractivity contribution in [3.63, 3.8) is 0 Å². The first-order chi connectivity index (χ1) is 14.7. The number of sulfonamides is 1. The molecule has 0 aliphatic carbocycles. The zero-order valence-electron chi connectivity index (χ0n) is 16.2. The summed E-state index contributed by atoms with van der Waals surface area (Å²) < 4.78 is 28.0. The Labute approximate surface area is 184 Å². The number of hydrogen-bond acceptors (Lipinski definition) is 4. The molecule has 31 heavy (non-hydrogen) atoms. The highest BCUT2D eigenvalue weighted by atomic mass is 35.5. The van der Waals surface area contributed by atoms with Crippen LogP contribution in [0.2, 0.25) is 5.02 Å².